The van der Waals surface area contributed by atoms with Crippen LogP contribution in [-0.2, 0) is 17.9 Å². The molecule has 4 amide bonds. The largest absolute Gasteiger partial charge is 0.414 e. The smallest absolute Gasteiger partial charge is 0.384 e. The van der Waals surface area contributed by atoms with E-state index >= 15 is 0 Å². The predicted octanol–water partition coefficient (Wildman–Crippen LogP) is 3.61. The lowest BCUT2D eigenvalue weighted by Crippen LogP contribution is -2.49. The molecule has 0 radical (unpaired) electrons. The van der Waals surface area contributed by atoms with Crippen molar-refractivity contribution < 1.29 is 45.8 Å². The van der Waals surface area contributed by atoms with Gasteiger partial charge in [-0.1, -0.05) is 19.8 Å². The summed E-state index contributed by atoms with van der Waals surface area (Å²) in [5.74, 6) is -1.16. The Labute approximate surface area is 248 Å². The van der Waals surface area contributed by atoms with Crippen molar-refractivity contribution in [2.75, 3.05) is 11.9 Å². The summed E-state index contributed by atoms with van der Waals surface area (Å²) in [5.41, 5.74) is 0.313. The number of aliphatic hydroxyl groups is 1. The lowest BCUT2D eigenvalue weighted by Gasteiger charge is -2.32. The van der Waals surface area contributed by atoms with Gasteiger partial charge in [0.25, 0.3) is 5.91 Å². The zero-order valence-corrected chi connectivity index (χ0v) is 23.7. The number of aryl methyl sites for hydroxylation is 1. The first-order valence-electron chi connectivity index (χ1n) is 14.1. The Balaban J connectivity index is 1.46. The number of nitrogens with one attached hydrogen (secondary N) is 3. The minimum Gasteiger partial charge on any atom is -0.384 e. The van der Waals surface area contributed by atoms with Crippen molar-refractivity contribution in [1.29, 1.82) is 0 Å². The molecule has 1 aliphatic carbocycles. The molecule has 2 aliphatic rings. The Hall–Kier alpha value is -3.89. The second-order valence-electron chi connectivity index (χ2n) is 11.2. The fraction of sp³-hybridized carbons (Fsp3) is 0.593. The SMILES string of the molecule is CC1CCC([C@@H](NC(=O)c2ccnn2CCC(O)C(F)(F)F)C(=O)Nc2cc(CN3C[C@H](C(F)(F)F)NC3=O)ccn2)CC1. The Morgan fingerprint density at radius 1 is 1.11 bits per heavy atom. The minimum atomic E-state index is -4.82. The van der Waals surface area contributed by atoms with E-state index in [1.54, 1.807) is 0 Å². The number of hydrogen-bond donors (Lipinski definition) is 4. The number of amides is 4. The molecule has 0 aromatic carbocycles. The summed E-state index contributed by atoms with van der Waals surface area (Å²) in [6, 6.07) is 0.260. The number of carbonyl (C=O) groups excluding carboxylic acids is 3. The van der Waals surface area contributed by atoms with Gasteiger partial charge in [0, 0.05) is 31.9 Å². The molecule has 44 heavy (non-hydrogen) atoms. The number of pyridine rings is 1. The molecule has 11 nitrogen and oxygen atoms in total. The second kappa shape index (κ2) is 13.4. The van der Waals surface area contributed by atoms with Crippen LogP contribution in [0.1, 0.15) is 55.1 Å². The fourth-order valence-electron chi connectivity index (χ4n) is 5.32. The lowest BCUT2D eigenvalue weighted by atomic mass is 9.79. The Morgan fingerprint density at radius 2 is 1.82 bits per heavy atom. The molecule has 2 fully saturated rings. The molecule has 2 aromatic rings. The number of anilines is 1. The first-order chi connectivity index (χ1) is 20.6. The molecule has 1 unspecified atom stereocenters. The maximum Gasteiger partial charge on any atom is 0.414 e. The van der Waals surface area contributed by atoms with Gasteiger partial charge < -0.3 is 26.0 Å². The van der Waals surface area contributed by atoms with Gasteiger partial charge in [-0.15, -0.1) is 0 Å². The lowest BCUT2D eigenvalue weighted by molar-refractivity contribution is -0.206. The van der Waals surface area contributed by atoms with Gasteiger partial charge in [0.05, 0.1) is 6.54 Å². The van der Waals surface area contributed by atoms with Gasteiger partial charge in [-0.25, -0.2) is 9.78 Å². The third-order valence-corrected chi connectivity index (χ3v) is 7.87. The second-order valence-corrected chi connectivity index (χ2v) is 11.2. The number of halogens is 6. The Bertz CT molecular complexity index is 1330. The van der Waals surface area contributed by atoms with Gasteiger partial charge in [0.15, 0.2) is 6.10 Å². The molecule has 1 aliphatic heterocycles. The minimum absolute atomic E-state index is 0.0501. The predicted molar refractivity (Wildman–Crippen MR) is 143 cm³/mol. The fourth-order valence-corrected chi connectivity index (χ4v) is 5.32. The first kappa shape index (κ1) is 33.0. The molecule has 0 spiro atoms. The van der Waals surface area contributed by atoms with Crippen LogP contribution in [-0.4, -0.2) is 79.7 Å². The summed E-state index contributed by atoms with van der Waals surface area (Å²) >= 11 is 0. The number of nitrogens with zero attached hydrogens (tertiary/aromatic N) is 4. The molecule has 3 heterocycles. The highest BCUT2D eigenvalue weighted by Gasteiger charge is 2.46. The number of carbonyl (C=O) groups is 3. The summed E-state index contributed by atoms with van der Waals surface area (Å²) in [6.07, 6.45) is -7.35. The summed E-state index contributed by atoms with van der Waals surface area (Å²) in [4.78, 5) is 43.9. The van der Waals surface area contributed by atoms with E-state index in [4.69, 9.17) is 0 Å². The average Bonchev–Trinajstić information content (AvgIpc) is 3.57. The van der Waals surface area contributed by atoms with Gasteiger partial charge >= 0.3 is 18.4 Å². The molecule has 0 bridgehead atoms. The van der Waals surface area contributed by atoms with Gasteiger partial charge in [0.2, 0.25) is 5.91 Å². The number of aromatic nitrogens is 3. The summed E-state index contributed by atoms with van der Waals surface area (Å²) in [6.45, 7) is 0.929. The van der Waals surface area contributed by atoms with Crippen LogP contribution in [0.4, 0.5) is 37.0 Å². The normalized spacial score (nSPS) is 22.3. The quantitative estimate of drug-likeness (QED) is 0.295. The maximum atomic E-state index is 13.5. The van der Waals surface area contributed by atoms with E-state index in [0.29, 0.717) is 24.3 Å². The highest BCUT2D eigenvalue weighted by molar-refractivity contribution is 6.00. The average molecular weight is 634 g/mol. The van der Waals surface area contributed by atoms with Crippen LogP contribution >= 0.6 is 0 Å². The molecule has 4 rings (SSSR count). The number of rotatable bonds is 10. The molecule has 3 atom stereocenters. The number of urea groups is 1. The third-order valence-electron chi connectivity index (χ3n) is 7.87. The van der Waals surface area contributed by atoms with E-state index in [0.717, 1.165) is 22.4 Å². The van der Waals surface area contributed by atoms with Gasteiger partial charge in [-0.05, 0) is 48.4 Å². The van der Waals surface area contributed by atoms with Crippen LogP contribution in [0, 0.1) is 11.8 Å². The third kappa shape index (κ3) is 8.39. The molecule has 1 saturated heterocycles. The van der Waals surface area contributed by atoms with Gasteiger partial charge in [-0.2, -0.15) is 31.4 Å². The molecule has 4 N–H and O–H groups in total. The van der Waals surface area contributed by atoms with Crippen LogP contribution in [0.2, 0.25) is 0 Å². The monoisotopic (exact) mass is 633 g/mol. The number of aliphatic hydroxyl groups excluding tert-OH is 1. The van der Waals surface area contributed by atoms with Crippen molar-refractivity contribution in [1.82, 2.24) is 30.3 Å². The maximum absolute atomic E-state index is 13.5. The van der Waals surface area contributed by atoms with Crippen molar-refractivity contribution in [3.05, 3.63) is 41.9 Å². The van der Waals surface area contributed by atoms with Crippen molar-refractivity contribution >= 4 is 23.7 Å². The Morgan fingerprint density at radius 3 is 2.45 bits per heavy atom. The van der Waals surface area contributed by atoms with E-state index in [-0.39, 0.29) is 24.0 Å². The highest BCUT2D eigenvalue weighted by Crippen LogP contribution is 2.31. The molecular formula is C27H33F6N7O4. The van der Waals surface area contributed by atoms with E-state index < -0.39 is 67.9 Å². The molecule has 2 aromatic heterocycles. The molecule has 17 heteroatoms. The highest BCUT2D eigenvalue weighted by atomic mass is 19.4. The van der Waals surface area contributed by atoms with Crippen LogP contribution in [0.5, 0.6) is 0 Å². The molecular weight excluding hydrogens is 600 g/mol. The van der Waals surface area contributed by atoms with E-state index in [1.165, 1.54) is 30.6 Å². The van der Waals surface area contributed by atoms with E-state index in [9.17, 15) is 45.8 Å². The zero-order valence-electron chi connectivity index (χ0n) is 23.7. The number of hydrogen-bond acceptors (Lipinski definition) is 6. The Kier molecular flexibility index (Phi) is 10.1. The first-order valence-corrected chi connectivity index (χ1v) is 14.1. The van der Waals surface area contributed by atoms with Crippen molar-refractivity contribution in [2.24, 2.45) is 11.8 Å². The van der Waals surface area contributed by atoms with Crippen LogP contribution in [0.3, 0.4) is 0 Å². The zero-order chi connectivity index (χ0) is 32.2. The summed E-state index contributed by atoms with van der Waals surface area (Å²) in [7, 11) is 0. The van der Waals surface area contributed by atoms with E-state index in [2.05, 4.69) is 27.6 Å². The molecule has 1 saturated carbocycles. The standard InChI is InChI=1S/C27H33F6N7O4/c1-15-2-4-17(5-3-15)22(38-23(42)18-7-10-35-40(18)11-8-20(41)27(31,32)33)24(43)37-21-12-16(6-9-34-21)13-39-14-19(26(28,29)30)36-25(39)44/h6-7,9-10,12,15,17,19-20,22,41H,2-5,8,11,13-14H2,1H3,(H,36,44)(H,38,42)(H,34,37,43)/t15?,17?,19-,20?,22-/m1/s1. The van der Waals surface area contributed by atoms with Crippen LogP contribution in [0.25, 0.3) is 0 Å². The van der Waals surface area contributed by atoms with Crippen LogP contribution < -0.4 is 16.0 Å². The molecule has 242 valence electrons. The van der Waals surface area contributed by atoms with E-state index in [1.807, 2.05) is 5.32 Å². The number of alkyl halides is 6. The summed E-state index contributed by atoms with van der Waals surface area (Å²) < 4.78 is 78.4. The van der Waals surface area contributed by atoms with Crippen LogP contribution in [0.15, 0.2) is 30.6 Å². The van der Waals surface area contributed by atoms with Crippen molar-refractivity contribution in [2.45, 2.75) is 82.7 Å². The van der Waals surface area contributed by atoms with Gasteiger partial charge in [-0.3, -0.25) is 14.3 Å². The summed E-state index contributed by atoms with van der Waals surface area (Å²) in [5, 5.41) is 20.4. The van der Waals surface area contributed by atoms with Gasteiger partial charge in [0.1, 0.15) is 23.6 Å². The topological polar surface area (TPSA) is 141 Å². The van der Waals surface area contributed by atoms with Crippen molar-refractivity contribution in [3.8, 4) is 0 Å². The van der Waals surface area contributed by atoms with Crippen molar-refractivity contribution in [3.63, 3.8) is 0 Å².